The molecule has 0 radical (unpaired) electrons. The molecule has 0 spiro atoms. The molecule has 9 heavy (non-hydrogen) atoms. The average molecular weight is 240 g/mol. The lowest BCUT2D eigenvalue weighted by molar-refractivity contribution is 0.336. The minimum Gasteiger partial charge on any atom is -0.317 e. The lowest BCUT2D eigenvalue weighted by Gasteiger charge is -2.26. The maximum atomic E-state index is 3.34. The summed E-state index contributed by atoms with van der Waals surface area (Å²) in [5.41, 5.74) is 0. The summed E-state index contributed by atoms with van der Waals surface area (Å²) < 4.78 is 2.29. The molecular formula is C6H13IN2. The normalized spacial score (nSPS) is 23.0. The standard InChI is InChI=1S/C6H13IN2/c1-9(7)6-2-4-8-5-3-6/h6,8H,2-5H2,1H3. The zero-order chi connectivity index (χ0) is 6.69. The van der Waals surface area contributed by atoms with Gasteiger partial charge >= 0.3 is 0 Å². The van der Waals surface area contributed by atoms with Gasteiger partial charge in [-0.1, -0.05) is 0 Å². The van der Waals surface area contributed by atoms with Gasteiger partial charge in [0.2, 0.25) is 0 Å². The topological polar surface area (TPSA) is 15.3 Å². The number of halogens is 1. The fourth-order valence-corrected chi connectivity index (χ4v) is 1.72. The number of nitrogens with zero attached hydrogens (tertiary/aromatic N) is 1. The molecule has 0 aromatic rings. The van der Waals surface area contributed by atoms with Crippen molar-refractivity contribution in [3.05, 3.63) is 0 Å². The Kier molecular flexibility index (Phi) is 3.21. The first-order chi connectivity index (χ1) is 4.30. The Morgan fingerprint density at radius 3 is 2.33 bits per heavy atom. The highest BCUT2D eigenvalue weighted by Crippen LogP contribution is 2.12. The van der Waals surface area contributed by atoms with Crippen LogP contribution in [0, 0.1) is 0 Å². The first-order valence-corrected chi connectivity index (χ1v) is 4.36. The Balaban J connectivity index is 2.23. The van der Waals surface area contributed by atoms with Crippen molar-refractivity contribution < 1.29 is 0 Å². The summed E-state index contributed by atoms with van der Waals surface area (Å²) in [5.74, 6) is 0. The van der Waals surface area contributed by atoms with E-state index in [1.165, 1.54) is 25.9 Å². The van der Waals surface area contributed by atoms with Crippen molar-refractivity contribution in [3.8, 4) is 0 Å². The number of hydrogen-bond donors (Lipinski definition) is 1. The molecule has 2 nitrogen and oxygen atoms in total. The van der Waals surface area contributed by atoms with Crippen LogP contribution in [0.4, 0.5) is 0 Å². The molecule has 1 heterocycles. The van der Waals surface area contributed by atoms with Gasteiger partial charge in [-0.25, -0.2) is 3.11 Å². The Morgan fingerprint density at radius 1 is 1.44 bits per heavy atom. The SMILES string of the molecule is CN(I)C1CCNCC1. The highest BCUT2D eigenvalue weighted by molar-refractivity contribution is 14.1. The van der Waals surface area contributed by atoms with Crippen molar-refractivity contribution in [2.45, 2.75) is 18.9 Å². The summed E-state index contributed by atoms with van der Waals surface area (Å²) in [5, 5.41) is 3.34. The van der Waals surface area contributed by atoms with E-state index in [1.807, 2.05) is 0 Å². The maximum Gasteiger partial charge on any atom is 0.0215 e. The van der Waals surface area contributed by atoms with Gasteiger partial charge in [0.05, 0.1) is 0 Å². The average Bonchev–Trinajstić information content (AvgIpc) is 1.90. The predicted octanol–water partition coefficient (Wildman–Crippen LogP) is 1.02. The van der Waals surface area contributed by atoms with E-state index in [1.54, 1.807) is 0 Å². The van der Waals surface area contributed by atoms with Crippen molar-refractivity contribution in [1.82, 2.24) is 8.43 Å². The molecule has 0 aromatic carbocycles. The smallest absolute Gasteiger partial charge is 0.0215 e. The van der Waals surface area contributed by atoms with E-state index in [0.717, 1.165) is 6.04 Å². The van der Waals surface area contributed by atoms with Gasteiger partial charge in [0.25, 0.3) is 0 Å². The quantitative estimate of drug-likeness (QED) is 0.543. The zero-order valence-electron chi connectivity index (χ0n) is 5.73. The zero-order valence-corrected chi connectivity index (χ0v) is 7.89. The van der Waals surface area contributed by atoms with Crippen LogP contribution in [0.3, 0.4) is 0 Å². The second-order valence-electron chi connectivity index (χ2n) is 2.51. The van der Waals surface area contributed by atoms with E-state index in [-0.39, 0.29) is 0 Å². The summed E-state index contributed by atoms with van der Waals surface area (Å²) >= 11 is 2.37. The van der Waals surface area contributed by atoms with Crippen LogP contribution in [-0.2, 0) is 0 Å². The molecular weight excluding hydrogens is 227 g/mol. The molecule has 1 aliphatic heterocycles. The van der Waals surface area contributed by atoms with Gasteiger partial charge in [-0.05, 0) is 33.0 Å². The summed E-state index contributed by atoms with van der Waals surface area (Å²) in [4.78, 5) is 0. The molecule has 0 saturated carbocycles. The molecule has 1 fully saturated rings. The Bertz CT molecular complexity index is 79.1. The molecule has 0 atom stereocenters. The summed E-state index contributed by atoms with van der Waals surface area (Å²) in [6.07, 6.45) is 2.61. The van der Waals surface area contributed by atoms with Crippen LogP contribution >= 0.6 is 22.9 Å². The van der Waals surface area contributed by atoms with Crippen LogP contribution in [0.5, 0.6) is 0 Å². The van der Waals surface area contributed by atoms with E-state index in [4.69, 9.17) is 0 Å². The van der Waals surface area contributed by atoms with Gasteiger partial charge in [-0.15, -0.1) is 0 Å². The van der Waals surface area contributed by atoms with Crippen LogP contribution in [0.2, 0.25) is 0 Å². The van der Waals surface area contributed by atoms with E-state index in [2.05, 4.69) is 38.3 Å². The van der Waals surface area contributed by atoms with Crippen molar-refractivity contribution in [2.24, 2.45) is 0 Å². The number of rotatable bonds is 1. The van der Waals surface area contributed by atoms with Gasteiger partial charge in [0.15, 0.2) is 0 Å². The van der Waals surface area contributed by atoms with Crippen LogP contribution in [0.25, 0.3) is 0 Å². The maximum absolute atomic E-state index is 3.34. The third kappa shape index (κ3) is 2.39. The molecule has 0 amide bonds. The van der Waals surface area contributed by atoms with Crippen LogP contribution < -0.4 is 5.32 Å². The third-order valence-corrected chi connectivity index (χ3v) is 2.60. The first-order valence-electron chi connectivity index (χ1n) is 3.40. The third-order valence-electron chi connectivity index (χ3n) is 1.81. The second kappa shape index (κ2) is 3.73. The van der Waals surface area contributed by atoms with Crippen molar-refractivity contribution >= 4 is 22.9 Å². The highest BCUT2D eigenvalue weighted by atomic mass is 127. The highest BCUT2D eigenvalue weighted by Gasteiger charge is 2.14. The lowest BCUT2D eigenvalue weighted by atomic mass is 10.1. The molecule has 0 aromatic heterocycles. The van der Waals surface area contributed by atoms with Gasteiger partial charge < -0.3 is 5.32 Å². The fraction of sp³-hybridized carbons (Fsp3) is 1.00. The second-order valence-corrected chi connectivity index (χ2v) is 4.03. The molecule has 3 heteroatoms. The Labute approximate surface area is 70.5 Å². The van der Waals surface area contributed by atoms with E-state index in [9.17, 15) is 0 Å². The van der Waals surface area contributed by atoms with Crippen LogP contribution in [0.15, 0.2) is 0 Å². The molecule has 0 bridgehead atoms. The van der Waals surface area contributed by atoms with Crippen LogP contribution in [-0.4, -0.2) is 29.3 Å². The van der Waals surface area contributed by atoms with E-state index < -0.39 is 0 Å². The minimum absolute atomic E-state index is 0.812. The summed E-state index contributed by atoms with van der Waals surface area (Å²) in [7, 11) is 2.15. The van der Waals surface area contributed by atoms with Gasteiger partial charge in [-0.2, -0.15) is 0 Å². The van der Waals surface area contributed by atoms with Crippen LogP contribution in [0.1, 0.15) is 12.8 Å². The largest absolute Gasteiger partial charge is 0.317 e. The monoisotopic (exact) mass is 240 g/mol. The summed E-state index contributed by atoms with van der Waals surface area (Å²) in [6.45, 7) is 2.38. The van der Waals surface area contributed by atoms with Gasteiger partial charge in [0.1, 0.15) is 0 Å². The first kappa shape index (κ1) is 7.75. The molecule has 0 unspecified atom stereocenters. The van der Waals surface area contributed by atoms with Crippen molar-refractivity contribution in [3.63, 3.8) is 0 Å². The molecule has 1 rings (SSSR count). The van der Waals surface area contributed by atoms with Gasteiger partial charge in [0, 0.05) is 28.9 Å². The van der Waals surface area contributed by atoms with Crippen molar-refractivity contribution in [1.29, 1.82) is 0 Å². The molecule has 0 aliphatic carbocycles. The summed E-state index contributed by atoms with van der Waals surface area (Å²) in [6, 6.07) is 0.812. The number of nitrogens with one attached hydrogen (secondary N) is 1. The van der Waals surface area contributed by atoms with Crippen molar-refractivity contribution in [2.75, 3.05) is 20.1 Å². The molecule has 1 aliphatic rings. The molecule has 1 saturated heterocycles. The van der Waals surface area contributed by atoms with E-state index >= 15 is 0 Å². The number of hydrogen-bond acceptors (Lipinski definition) is 2. The molecule has 1 N–H and O–H groups in total. The van der Waals surface area contributed by atoms with Gasteiger partial charge in [-0.3, -0.25) is 0 Å². The minimum atomic E-state index is 0.812. The Morgan fingerprint density at radius 2 is 2.00 bits per heavy atom. The molecule has 54 valence electrons. The fourth-order valence-electron chi connectivity index (χ4n) is 1.16. The number of piperidine rings is 1. The Hall–Kier alpha value is 0.650. The van der Waals surface area contributed by atoms with E-state index in [0.29, 0.717) is 0 Å². The predicted molar refractivity (Wildman–Crippen MR) is 47.7 cm³/mol. The lowest BCUT2D eigenvalue weighted by Crippen LogP contribution is -2.36.